The lowest BCUT2D eigenvalue weighted by molar-refractivity contribution is 0.0623. The van der Waals surface area contributed by atoms with Crippen LogP contribution in [0.5, 0.6) is 0 Å². The average molecular weight is 249 g/mol. The van der Waals surface area contributed by atoms with E-state index in [-0.39, 0.29) is 5.91 Å². The third-order valence-electron chi connectivity index (χ3n) is 3.27. The zero-order valence-electron chi connectivity index (χ0n) is 10.4. The van der Waals surface area contributed by atoms with Gasteiger partial charge in [-0.2, -0.15) is 0 Å². The van der Waals surface area contributed by atoms with Crippen molar-refractivity contribution >= 4 is 18.5 Å². The van der Waals surface area contributed by atoms with E-state index in [2.05, 4.69) is 26.5 Å². The summed E-state index contributed by atoms with van der Waals surface area (Å²) in [6.45, 7) is 6.19. The van der Waals surface area contributed by atoms with Gasteiger partial charge >= 0.3 is 0 Å². The number of amides is 1. The van der Waals surface area contributed by atoms with Gasteiger partial charge in [-0.15, -0.1) is 12.6 Å². The second kappa shape index (κ2) is 5.13. The van der Waals surface area contributed by atoms with Gasteiger partial charge in [0.1, 0.15) is 0 Å². The first-order valence-corrected chi connectivity index (χ1v) is 6.59. The molecular weight excluding hydrogens is 230 g/mol. The van der Waals surface area contributed by atoms with Crippen LogP contribution >= 0.6 is 12.6 Å². The molecule has 0 N–H and O–H groups in total. The van der Waals surface area contributed by atoms with Gasteiger partial charge in [0, 0.05) is 23.5 Å². The number of piperidine rings is 1. The van der Waals surface area contributed by atoms with Crippen molar-refractivity contribution in [1.29, 1.82) is 0 Å². The van der Waals surface area contributed by atoms with Crippen molar-refractivity contribution in [2.24, 2.45) is 11.8 Å². The van der Waals surface area contributed by atoms with Crippen LogP contribution in [0.25, 0.3) is 0 Å². The SMILES string of the molecule is CC1CC(C)CN(C(=O)c2ccc(S)cc2)C1. The highest BCUT2D eigenvalue weighted by Crippen LogP contribution is 2.22. The summed E-state index contributed by atoms with van der Waals surface area (Å²) in [6, 6.07) is 7.45. The number of hydrogen-bond donors (Lipinski definition) is 1. The maximum absolute atomic E-state index is 12.3. The Balaban J connectivity index is 2.11. The van der Waals surface area contributed by atoms with E-state index >= 15 is 0 Å². The molecule has 1 aromatic rings. The number of likely N-dealkylation sites (tertiary alicyclic amines) is 1. The van der Waals surface area contributed by atoms with Crippen molar-refractivity contribution in [3.63, 3.8) is 0 Å². The molecule has 0 aromatic heterocycles. The summed E-state index contributed by atoms with van der Waals surface area (Å²) in [5, 5.41) is 0. The first-order chi connectivity index (χ1) is 8.06. The van der Waals surface area contributed by atoms with Gasteiger partial charge in [-0.05, 0) is 42.5 Å². The minimum Gasteiger partial charge on any atom is -0.338 e. The van der Waals surface area contributed by atoms with Gasteiger partial charge < -0.3 is 4.90 Å². The second-order valence-electron chi connectivity index (χ2n) is 5.20. The summed E-state index contributed by atoms with van der Waals surface area (Å²) >= 11 is 4.23. The highest BCUT2D eigenvalue weighted by atomic mass is 32.1. The quantitative estimate of drug-likeness (QED) is 0.758. The van der Waals surface area contributed by atoms with E-state index in [4.69, 9.17) is 0 Å². The number of benzene rings is 1. The Labute approximate surface area is 108 Å². The molecule has 17 heavy (non-hydrogen) atoms. The summed E-state index contributed by atoms with van der Waals surface area (Å²) in [7, 11) is 0. The fraction of sp³-hybridized carbons (Fsp3) is 0.500. The number of carbonyl (C=O) groups is 1. The van der Waals surface area contributed by atoms with Crippen LogP contribution in [0.3, 0.4) is 0 Å². The molecule has 0 bridgehead atoms. The van der Waals surface area contributed by atoms with Crippen LogP contribution in [-0.2, 0) is 0 Å². The highest BCUT2D eigenvalue weighted by molar-refractivity contribution is 7.80. The molecule has 92 valence electrons. The first kappa shape index (κ1) is 12.5. The third kappa shape index (κ3) is 3.03. The Morgan fingerprint density at radius 3 is 2.24 bits per heavy atom. The van der Waals surface area contributed by atoms with Crippen LogP contribution in [0.15, 0.2) is 29.2 Å². The van der Waals surface area contributed by atoms with Crippen molar-refractivity contribution in [3.8, 4) is 0 Å². The van der Waals surface area contributed by atoms with Gasteiger partial charge in [-0.25, -0.2) is 0 Å². The standard InChI is InChI=1S/C14H19NOS/c1-10-7-11(2)9-15(8-10)14(16)12-3-5-13(17)6-4-12/h3-6,10-11,17H,7-9H2,1-2H3. The van der Waals surface area contributed by atoms with Crippen LogP contribution in [0, 0.1) is 11.8 Å². The fourth-order valence-electron chi connectivity index (χ4n) is 2.62. The van der Waals surface area contributed by atoms with E-state index in [0.29, 0.717) is 11.8 Å². The number of hydrogen-bond acceptors (Lipinski definition) is 2. The molecule has 0 saturated carbocycles. The molecule has 2 nitrogen and oxygen atoms in total. The molecule has 1 aliphatic rings. The third-order valence-corrected chi connectivity index (χ3v) is 3.57. The molecule has 3 heteroatoms. The van der Waals surface area contributed by atoms with Gasteiger partial charge in [0.15, 0.2) is 0 Å². The normalized spacial score (nSPS) is 24.8. The van der Waals surface area contributed by atoms with Crippen LogP contribution in [0.2, 0.25) is 0 Å². The van der Waals surface area contributed by atoms with E-state index in [9.17, 15) is 4.79 Å². The molecule has 1 amide bonds. The maximum Gasteiger partial charge on any atom is 0.253 e. The van der Waals surface area contributed by atoms with E-state index in [1.54, 1.807) is 0 Å². The Hall–Kier alpha value is -0.960. The van der Waals surface area contributed by atoms with Crippen LogP contribution < -0.4 is 0 Å². The Morgan fingerprint density at radius 1 is 1.18 bits per heavy atom. The van der Waals surface area contributed by atoms with Gasteiger partial charge in [-0.3, -0.25) is 4.79 Å². The molecular formula is C14H19NOS. The van der Waals surface area contributed by atoms with E-state index in [1.807, 2.05) is 29.2 Å². The van der Waals surface area contributed by atoms with E-state index in [1.165, 1.54) is 6.42 Å². The minimum atomic E-state index is 0.150. The molecule has 2 unspecified atom stereocenters. The monoisotopic (exact) mass is 249 g/mol. The van der Waals surface area contributed by atoms with Crippen LogP contribution in [0.1, 0.15) is 30.6 Å². The van der Waals surface area contributed by atoms with Crippen molar-refractivity contribution in [1.82, 2.24) is 4.90 Å². The van der Waals surface area contributed by atoms with Crippen LogP contribution in [0.4, 0.5) is 0 Å². The molecule has 1 fully saturated rings. The Bertz CT molecular complexity index is 391. The largest absolute Gasteiger partial charge is 0.338 e. The predicted octanol–water partition coefficient (Wildman–Crippen LogP) is 3.09. The Morgan fingerprint density at radius 2 is 1.71 bits per heavy atom. The first-order valence-electron chi connectivity index (χ1n) is 6.14. The highest BCUT2D eigenvalue weighted by Gasteiger charge is 2.25. The molecule has 1 aromatic carbocycles. The van der Waals surface area contributed by atoms with Crippen molar-refractivity contribution in [3.05, 3.63) is 29.8 Å². The lowest BCUT2D eigenvalue weighted by Gasteiger charge is -2.35. The minimum absolute atomic E-state index is 0.150. The summed E-state index contributed by atoms with van der Waals surface area (Å²) < 4.78 is 0. The van der Waals surface area contributed by atoms with Crippen molar-refractivity contribution in [2.45, 2.75) is 25.2 Å². The maximum atomic E-state index is 12.3. The molecule has 0 spiro atoms. The zero-order chi connectivity index (χ0) is 12.4. The molecule has 0 radical (unpaired) electrons. The summed E-state index contributed by atoms with van der Waals surface area (Å²) in [4.78, 5) is 15.2. The van der Waals surface area contributed by atoms with Crippen LogP contribution in [-0.4, -0.2) is 23.9 Å². The number of nitrogens with zero attached hydrogens (tertiary/aromatic N) is 1. The molecule has 1 saturated heterocycles. The van der Waals surface area contributed by atoms with E-state index in [0.717, 1.165) is 23.5 Å². The predicted molar refractivity (Wildman–Crippen MR) is 72.5 cm³/mol. The lowest BCUT2D eigenvalue weighted by atomic mass is 9.91. The smallest absolute Gasteiger partial charge is 0.253 e. The van der Waals surface area contributed by atoms with Gasteiger partial charge in [0.05, 0.1) is 0 Å². The second-order valence-corrected chi connectivity index (χ2v) is 5.72. The Kier molecular flexibility index (Phi) is 3.77. The van der Waals surface area contributed by atoms with Gasteiger partial charge in [0.25, 0.3) is 5.91 Å². The van der Waals surface area contributed by atoms with Crippen molar-refractivity contribution in [2.75, 3.05) is 13.1 Å². The number of carbonyl (C=O) groups excluding carboxylic acids is 1. The molecule has 2 rings (SSSR count). The van der Waals surface area contributed by atoms with Gasteiger partial charge in [0.2, 0.25) is 0 Å². The molecule has 1 aliphatic heterocycles. The molecule has 2 atom stereocenters. The lowest BCUT2D eigenvalue weighted by Crippen LogP contribution is -2.42. The average Bonchev–Trinajstić information content (AvgIpc) is 2.28. The number of thiol groups is 1. The number of rotatable bonds is 1. The molecule has 1 heterocycles. The summed E-state index contributed by atoms with van der Waals surface area (Å²) in [5.41, 5.74) is 0.768. The van der Waals surface area contributed by atoms with Crippen molar-refractivity contribution < 1.29 is 4.79 Å². The topological polar surface area (TPSA) is 20.3 Å². The summed E-state index contributed by atoms with van der Waals surface area (Å²) in [5.74, 6) is 1.36. The fourth-order valence-corrected chi connectivity index (χ4v) is 2.76. The molecule has 0 aliphatic carbocycles. The van der Waals surface area contributed by atoms with E-state index < -0.39 is 0 Å². The zero-order valence-corrected chi connectivity index (χ0v) is 11.3. The van der Waals surface area contributed by atoms with Gasteiger partial charge in [-0.1, -0.05) is 13.8 Å². The summed E-state index contributed by atoms with van der Waals surface area (Å²) in [6.07, 6.45) is 1.22.